The van der Waals surface area contributed by atoms with Gasteiger partial charge in [0.15, 0.2) is 5.78 Å². The topological polar surface area (TPSA) is 88.0 Å². The van der Waals surface area contributed by atoms with E-state index in [0.717, 1.165) is 10.0 Å². The van der Waals surface area contributed by atoms with E-state index < -0.39 is 0 Å². The van der Waals surface area contributed by atoms with Crippen LogP contribution >= 0.6 is 15.9 Å². The predicted octanol–water partition coefficient (Wildman–Crippen LogP) is 5.22. The normalized spacial score (nSPS) is 10.7. The fourth-order valence-corrected chi connectivity index (χ4v) is 3.23. The van der Waals surface area contributed by atoms with E-state index in [1.54, 1.807) is 19.1 Å². The molecule has 7 heteroatoms. The van der Waals surface area contributed by atoms with E-state index in [9.17, 15) is 9.59 Å². The SMILES string of the molecule is Cc1onc(-c2ccc(Br)cc2)c1C(=O)c1c[nH]c(C(=O)Nc2ccccc2)c1. The number of anilines is 1. The lowest BCUT2D eigenvalue weighted by Gasteiger charge is -2.02. The number of para-hydroxylation sites is 1. The van der Waals surface area contributed by atoms with Crippen molar-refractivity contribution in [2.24, 2.45) is 0 Å². The van der Waals surface area contributed by atoms with Gasteiger partial charge >= 0.3 is 0 Å². The van der Waals surface area contributed by atoms with E-state index in [4.69, 9.17) is 4.52 Å². The molecule has 144 valence electrons. The lowest BCUT2D eigenvalue weighted by atomic mass is 9.99. The van der Waals surface area contributed by atoms with Crippen LogP contribution in [0.5, 0.6) is 0 Å². The van der Waals surface area contributed by atoms with Crippen LogP contribution in [0.3, 0.4) is 0 Å². The molecule has 4 rings (SSSR count). The van der Waals surface area contributed by atoms with Gasteiger partial charge in [-0.2, -0.15) is 0 Å². The molecule has 0 saturated carbocycles. The van der Waals surface area contributed by atoms with Crippen LogP contribution in [0.25, 0.3) is 11.3 Å². The van der Waals surface area contributed by atoms with E-state index >= 15 is 0 Å². The number of hydrogen-bond donors (Lipinski definition) is 2. The lowest BCUT2D eigenvalue weighted by Crippen LogP contribution is -2.12. The number of amides is 1. The molecule has 0 unspecified atom stereocenters. The number of hydrogen-bond acceptors (Lipinski definition) is 4. The molecule has 0 aliphatic rings. The Kier molecular flexibility index (Phi) is 5.14. The number of rotatable bonds is 5. The highest BCUT2D eigenvalue weighted by Crippen LogP contribution is 2.28. The van der Waals surface area contributed by atoms with Gasteiger partial charge in [-0.25, -0.2) is 0 Å². The number of nitrogens with zero attached hydrogens (tertiary/aromatic N) is 1. The van der Waals surface area contributed by atoms with Gasteiger partial charge in [0.2, 0.25) is 0 Å². The quantitative estimate of drug-likeness (QED) is 0.408. The molecule has 2 aromatic carbocycles. The molecule has 0 atom stereocenters. The minimum Gasteiger partial charge on any atom is -0.360 e. The molecule has 0 bridgehead atoms. The molecule has 0 saturated heterocycles. The molecule has 2 heterocycles. The summed E-state index contributed by atoms with van der Waals surface area (Å²) >= 11 is 3.39. The molecule has 29 heavy (non-hydrogen) atoms. The molecule has 1 amide bonds. The number of H-pyrrole nitrogens is 1. The second-order valence-electron chi connectivity index (χ2n) is 6.42. The monoisotopic (exact) mass is 449 g/mol. The number of aromatic amines is 1. The number of aryl methyl sites for hydroxylation is 1. The molecule has 0 spiro atoms. The molecular formula is C22H16BrN3O3. The number of nitrogens with one attached hydrogen (secondary N) is 2. The number of aromatic nitrogens is 2. The number of carbonyl (C=O) groups excluding carboxylic acids is 2. The Bertz CT molecular complexity index is 1180. The Balaban J connectivity index is 1.61. The third kappa shape index (κ3) is 3.90. The van der Waals surface area contributed by atoms with Crippen LogP contribution in [0, 0.1) is 6.92 Å². The highest BCUT2D eigenvalue weighted by molar-refractivity contribution is 9.10. The summed E-state index contributed by atoms with van der Waals surface area (Å²) in [5.41, 5.74) is 2.93. The molecule has 0 radical (unpaired) electrons. The van der Waals surface area contributed by atoms with Crippen molar-refractivity contribution in [3.63, 3.8) is 0 Å². The minimum absolute atomic E-state index is 0.267. The molecule has 2 N–H and O–H groups in total. The summed E-state index contributed by atoms with van der Waals surface area (Å²) in [7, 11) is 0. The fourth-order valence-electron chi connectivity index (χ4n) is 2.97. The molecule has 6 nitrogen and oxygen atoms in total. The van der Waals surface area contributed by atoms with Crippen molar-refractivity contribution in [3.05, 3.63) is 93.9 Å². The van der Waals surface area contributed by atoms with Crippen molar-refractivity contribution >= 4 is 33.3 Å². The van der Waals surface area contributed by atoms with Crippen molar-refractivity contribution in [3.8, 4) is 11.3 Å². The summed E-state index contributed by atoms with van der Waals surface area (Å²) < 4.78 is 6.21. The molecule has 2 aromatic heterocycles. The molecule has 4 aromatic rings. The molecule has 0 aliphatic carbocycles. The van der Waals surface area contributed by atoms with E-state index in [-0.39, 0.29) is 17.4 Å². The largest absolute Gasteiger partial charge is 0.360 e. The lowest BCUT2D eigenvalue weighted by molar-refractivity contribution is 0.102. The predicted molar refractivity (Wildman–Crippen MR) is 113 cm³/mol. The van der Waals surface area contributed by atoms with E-state index in [2.05, 4.69) is 31.4 Å². The van der Waals surface area contributed by atoms with Crippen LogP contribution in [0.2, 0.25) is 0 Å². The van der Waals surface area contributed by atoms with Crippen LogP contribution < -0.4 is 5.32 Å². The van der Waals surface area contributed by atoms with Gasteiger partial charge in [0.25, 0.3) is 5.91 Å². The van der Waals surface area contributed by atoms with Gasteiger partial charge < -0.3 is 14.8 Å². The minimum atomic E-state index is -0.328. The average Bonchev–Trinajstić information content (AvgIpc) is 3.36. The number of carbonyl (C=O) groups is 2. The first kappa shape index (κ1) is 18.9. The Morgan fingerprint density at radius 3 is 2.52 bits per heavy atom. The Labute approximate surface area is 175 Å². The summed E-state index contributed by atoms with van der Waals surface area (Å²) in [4.78, 5) is 28.4. The van der Waals surface area contributed by atoms with Gasteiger partial charge in [-0.05, 0) is 37.3 Å². The first-order chi connectivity index (χ1) is 14.0. The van der Waals surface area contributed by atoms with Crippen molar-refractivity contribution < 1.29 is 14.1 Å². The maximum atomic E-state index is 13.1. The van der Waals surface area contributed by atoms with Crippen molar-refractivity contribution in [1.29, 1.82) is 0 Å². The maximum Gasteiger partial charge on any atom is 0.272 e. The third-order valence-electron chi connectivity index (χ3n) is 4.43. The van der Waals surface area contributed by atoms with Crippen molar-refractivity contribution in [2.45, 2.75) is 6.92 Å². The van der Waals surface area contributed by atoms with Crippen molar-refractivity contribution in [1.82, 2.24) is 10.1 Å². The highest BCUT2D eigenvalue weighted by Gasteiger charge is 2.24. The van der Waals surface area contributed by atoms with Gasteiger partial charge in [-0.15, -0.1) is 0 Å². The zero-order valence-corrected chi connectivity index (χ0v) is 17.0. The standard InChI is InChI=1S/C22H16BrN3O3/c1-13-19(20(26-29-13)14-7-9-16(23)10-8-14)21(27)15-11-18(24-12-15)22(28)25-17-5-3-2-4-6-17/h2-12,24H,1H3,(H,25,28). The van der Waals surface area contributed by atoms with Gasteiger partial charge in [0.05, 0.1) is 5.56 Å². The van der Waals surface area contributed by atoms with Crippen LogP contribution in [0.15, 0.2) is 75.9 Å². The zero-order chi connectivity index (χ0) is 20.4. The van der Waals surface area contributed by atoms with E-state index in [1.165, 1.54) is 12.3 Å². The number of ketones is 1. The second-order valence-corrected chi connectivity index (χ2v) is 7.34. The van der Waals surface area contributed by atoms with Gasteiger partial charge in [0, 0.05) is 27.5 Å². The second kappa shape index (κ2) is 7.89. The Morgan fingerprint density at radius 2 is 1.79 bits per heavy atom. The summed E-state index contributed by atoms with van der Waals surface area (Å²) in [6.07, 6.45) is 1.51. The van der Waals surface area contributed by atoms with Gasteiger partial charge in [-0.1, -0.05) is 51.4 Å². The van der Waals surface area contributed by atoms with Crippen LogP contribution in [0.4, 0.5) is 5.69 Å². The average molecular weight is 450 g/mol. The van der Waals surface area contributed by atoms with E-state index in [0.29, 0.717) is 28.3 Å². The summed E-state index contributed by atoms with van der Waals surface area (Å²) in [5.74, 6) is -0.175. The molecule has 0 fully saturated rings. The molecular weight excluding hydrogens is 434 g/mol. The maximum absolute atomic E-state index is 13.1. The number of benzene rings is 2. The Hall–Kier alpha value is -3.45. The first-order valence-corrected chi connectivity index (χ1v) is 9.64. The summed E-state index contributed by atoms with van der Waals surface area (Å²) in [5, 5.41) is 6.84. The summed E-state index contributed by atoms with van der Waals surface area (Å²) in [6, 6.07) is 18.1. The third-order valence-corrected chi connectivity index (χ3v) is 4.96. The van der Waals surface area contributed by atoms with Gasteiger partial charge in [0.1, 0.15) is 17.1 Å². The first-order valence-electron chi connectivity index (χ1n) is 8.84. The highest BCUT2D eigenvalue weighted by atomic mass is 79.9. The Morgan fingerprint density at radius 1 is 1.07 bits per heavy atom. The fraction of sp³-hybridized carbons (Fsp3) is 0.0455. The zero-order valence-electron chi connectivity index (χ0n) is 15.4. The van der Waals surface area contributed by atoms with Crippen LogP contribution in [-0.4, -0.2) is 21.8 Å². The van der Waals surface area contributed by atoms with Gasteiger partial charge in [-0.3, -0.25) is 9.59 Å². The van der Waals surface area contributed by atoms with Crippen molar-refractivity contribution in [2.75, 3.05) is 5.32 Å². The van der Waals surface area contributed by atoms with E-state index in [1.807, 2.05) is 42.5 Å². The molecule has 0 aliphatic heterocycles. The number of halogens is 1. The smallest absolute Gasteiger partial charge is 0.272 e. The van der Waals surface area contributed by atoms with Crippen LogP contribution in [-0.2, 0) is 0 Å². The summed E-state index contributed by atoms with van der Waals surface area (Å²) in [6.45, 7) is 1.69. The van der Waals surface area contributed by atoms with Crippen LogP contribution in [0.1, 0.15) is 32.2 Å².